The van der Waals surface area contributed by atoms with Gasteiger partial charge in [-0.1, -0.05) is 38.0 Å². The molecule has 0 spiro atoms. The first-order valence-electron chi connectivity index (χ1n) is 7.13. The molecule has 1 aromatic carbocycles. The minimum atomic E-state index is 0.140. The second-order valence-electron chi connectivity index (χ2n) is 5.83. The highest BCUT2D eigenvalue weighted by atomic mass is 16.5. The van der Waals surface area contributed by atoms with E-state index >= 15 is 0 Å². The lowest BCUT2D eigenvalue weighted by atomic mass is 9.81. The molecule has 1 aliphatic rings. The minimum absolute atomic E-state index is 0.140. The molecule has 1 fully saturated rings. The third-order valence-corrected chi connectivity index (χ3v) is 4.48. The summed E-state index contributed by atoms with van der Waals surface area (Å²) in [7, 11) is 1.69. The quantitative estimate of drug-likeness (QED) is 0.898. The number of ether oxygens (including phenoxy) is 1. The maximum Gasteiger partial charge on any atom is 0.153 e. The summed E-state index contributed by atoms with van der Waals surface area (Å²) in [6.07, 6.45) is 4.88. The van der Waals surface area contributed by atoms with Gasteiger partial charge in [-0.25, -0.2) is 0 Å². The summed E-state index contributed by atoms with van der Waals surface area (Å²) >= 11 is 0. The van der Waals surface area contributed by atoms with Gasteiger partial charge in [0.15, 0.2) is 5.82 Å². The number of anilines is 1. The second-order valence-corrected chi connectivity index (χ2v) is 5.83. The van der Waals surface area contributed by atoms with Gasteiger partial charge in [0, 0.05) is 11.0 Å². The third kappa shape index (κ3) is 1.96. The van der Waals surface area contributed by atoms with Crippen molar-refractivity contribution >= 4 is 5.82 Å². The topological polar surface area (TPSA) is 63.9 Å². The van der Waals surface area contributed by atoms with Crippen LogP contribution in [0.1, 0.15) is 38.3 Å². The summed E-state index contributed by atoms with van der Waals surface area (Å²) in [5.74, 6) is 1.39. The zero-order chi connectivity index (χ0) is 14.2. The van der Waals surface area contributed by atoms with Gasteiger partial charge in [0.25, 0.3) is 0 Å². The smallest absolute Gasteiger partial charge is 0.153 e. The molecule has 4 heteroatoms. The van der Waals surface area contributed by atoms with Crippen LogP contribution in [0.25, 0.3) is 11.1 Å². The van der Waals surface area contributed by atoms with E-state index in [4.69, 9.17) is 10.5 Å². The molecule has 4 nitrogen and oxygen atoms in total. The molecule has 1 heterocycles. The van der Waals surface area contributed by atoms with Gasteiger partial charge in [-0.2, -0.15) is 5.10 Å². The molecule has 0 bridgehead atoms. The van der Waals surface area contributed by atoms with Crippen LogP contribution in [0, 0.1) is 0 Å². The van der Waals surface area contributed by atoms with Gasteiger partial charge in [0.05, 0.1) is 18.4 Å². The lowest BCUT2D eigenvalue weighted by Gasteiger charge is -2.24. The van der Waals surface area contributed by atoms with E-state index in [1.165, 1.54) is 25.7 Å². The molecule has 3 N–H and O–H groups in total. The average Bonchev–Trinajstić information content (AvgIpc) is 3.06. The van der Waals surface area contributed by atoms with Gasteiger partial charge in [-0.15, -0.1) is 0 Å². The van der Waals surface area contributed by atoms with E-state index in [9.17, 15) is 0 Å². The number of aromatic nitrogens is 2. The van der Waals surface area contributed by atoms with E-state index in [1.54, 1.807) is 7.11 Å². The number of nitrogens with two attached hydrogens (primary N) is 1. The molecule has 2 aromatic rings. The summed E-state index contributed by atoms with van der Waals surface area (Å²) in [6.45, 7) is 2.30. The zero-order valence-corrected chi connectivity index (χ0v) is 12.1. The Morgan fingerprint density at radius 1 is 1.25 bits per heavy atom. The predicted octanol–water partition coefficient (Wildman–Crippen LogP) is 3.50. The molecule has 3 rings (SSSR count). The lowest BCUT2D eigenvalue weighted by molar-refractivity contribution is 0.416. The van der Waals surface area contributed by atoms with Crippen LogP contribution < -0.4 is 10.5 Å². The maximum atomic E-state index is 6.13. The molecule has 0 radical (unpaired) electrons. The predicted molar refractivity (Wildman–Crippen MR) is 80.8 cm³/mol. The summed E-state index contributed by atoms with van der Waals surface area (Å²) in [5, 5.41) is 7.43. The van der Waals surface area contributed by atoms with Crippen molar-refractivity contribution in [2.24, 2.45) is 0 Å². The Labute approximate surface area is 119 Å². The molecule has 20 heavy (non-hydrogen) atoms. The van der Waals surface area contributed by atoms with Crippen LogP contribution in [-0.4, -0.2) is 17.3 Å². The van der Waals surface area contributed by atoms with Crippen LogP contribution in [0.15, 0.2) is 24.3 Å². The number of rotatable bonds is 3. The van der Waals surface area contributed by atoms with Crippen molar-refractivity contribution in [1.82, 2.24) is 10.2 Å². The van der Waals surface area contributed by atoms with Crippen LogP contribution >= 0.6 is 0 Å². The summed E-state index contributed by atoms with van der Waals surface area (Å²) in [6, 6.07) is 7.98. The maximum absolute atomic E-state index is 6.13. The number of hydrogen-bond donors (Lipinski definition) is 2. The number of nitrogens with zero attached hydrogens (tertiary/aromatic N) is 1. The van der Waals surface area contributed by atoms with Gasteiger partial charge in [0.2, 0.25) is 0 Å². The van der Waals surface area contributed by atoms with E-state index in [0.717, 1.165) is 22.6 Å². The summed E-state index contributed by atoms with van der Waals surface area (Å²) < 4.78 is 5.48. The SMILES string of the molecule is COc1ccccc1-c1c(N)n[nH]c1C1(C)CCCC1. The van der Waals surface area contributed by atoms with Crippen molar-refractivity contribution in [2.75, 3.05) is 12.8 Å². The number of para-hydroxylation sites is 1. The number of hydrogen-bond acceptors (Lipinski definition) is 3. The number of aromatic amines is 1. The number of H-pyrrole nitrogens is 1. The molecule has 0 saturated heterocycles. The van der Waals surface area contributed by atoms with Gasteiger partial charge in [-0.05, 0) is 18.9 Å². The Morgan fingerprint density at radius 3 is 2.65 bits per heavy atom. The highest BCUT2D eigenvalue weighted by Gasteiger charge is 2.35. The van der Waals surface area contributed by atoms with Crippen molar-refractivity contribution < 1.29 is 4.74 Å². The minimum Gasteiger partial charge on any atom is -0.496 e. The molecular formula is C16H21N3O. The molecule has 0 amide bonds. The lowest BCUT2D eigenvalue weighted by Crippen LogP contribution is -2.18. The van der Waals surface area contributed by atoms with Crippen LogP contribution in [0.2, 0.25) is 0 Å². The van der Waals surface area contributed by atoms with Crippen molar-refractivity contribution in [1.29, 1.82) is 0 Å². The van der Waals surface area contributed by atoms with E-state index < -0.39 is 0 Å². The van der Waals surface area contributed by atoms with Crippen LogP contribution in [0.3, 0.4) is 0 Å². The monoisotopic (exact) mass is 271 g/mol. The van der Waals surface area contributed by atoms with Crippen LogP contribution in [-0.2, 0) is 5.41 Å². The summed E-state index contributed by atoms with van der Waals surface area (Å²) in [5.41, 5.74) is 9.44. The Bertz CT molecular complexity index is 612. The molecule has 1 aliphatic carbocycles. The van der Waals surface area contributed by atoms with Crippen molar-refractivity contribution in [3.63, 3.8) is 0 Å². The third-order valence-electron chi connectivity index (χ3n) is 4.48. The standard InChI is InChI=1S/C16H21N3O/c1-16(9-5-6-10-16)14-13(15(17)19-18-14)11-7-3-4-8-12(11)20-2/h3-4,7-8H,5-6,9-10H2,1-2H3,(H3,17,18,19). The Kier molecular flexibility index (Phi) is 3.16. The van der Waals surface area contributed by atoms with Crippen LogP contribution in [0.4, 0.5) is 5.82 Å². The second kappa shape index (κ2) is 4.85. The Morgan fingerprint density at radius 2 is 1.95 bits per heavy atom. The first-order chi connectivity index (χ1) is 9.65. The number of nitrogens with one attached hydrogen (secondary N) is 1. The van der Waals surface area contributed by atoms with Gasteiger partial charge in [-0.3, -0.25) is 5.10 Å². The first-order valence-corrected chi connectivity index (χ1v) is 7.13. The highest BCUT2D eigenvalue weighted by Crippen LogP contribution is 2.46. The normalized spacial score (nSPS) is 17.3. The van der Waals surface area contributed by atoms with E-state index in [-0.39, 0.29) is 5.41 Å². The number of methoxy groups -OCH3 is 1. The van der Waals surface area contributed by atoms with Crippen molar-refractivity contribution in [3.05, 3.63) is 30.0 Å². The molecule has 106 valence electrons. The molecular weight excluding hydrogens is 250 g/mol. The molecule has 0 atom stereocenters. The average molecular weight is 271 g/mol. The fourth-order valence-corrected chi connectivity index (χ4v) is 3.32. The number of benzene rings is 1. The molecule has 1 aromatic heterocycles. The largest absolute Gasteiger partial charge is 0.496 e. The highest BCUT2D eigenvalue weighted by molar-refractivity contribution is 5.81. The van der Waals surface area contributed by atoms with Gasteiger partial charge >= 0.3 is 0 Å². The van der Waals surface area contributed by atoms with E-state index in [0.29, 0.717) is 5.82 Å². The fourth-order valence-electron chi connectivity index (χ4n) is 3.32. The molecule has 1 saturated carbocycles. The van der Waals surface area contributed by atoms with Crippen LogP contribution in [0.5, 0.6) is 5.75 Å². The number of nitrogen functional groups attached to an aromatic ring is 1. The van der Waals surface area contributed by atoms with E-state index in [2.05, 4.69) is 17.1 Å². The summed E-state index contributed by atoms with van der Waals surface area (Å²) in [4.78, 5) is 0. The van der Waals surface area contributed by atoms with Gasteiger partial charge in [0.1, 0.15) is 5.75 Å². The molecule has 0 aliphatic heterocycles. The van der Waals surface area contributed by atoms with E-state index in [1.807, 2.05) is 24.3 Å². The Balaban J connectivity index is 2.16. The fraction of sp³-hybridized carbons (Fsp3) is 0.438. The van der Waals surface area contributed by atoms with Crippen molar-refractivity contribution in [2.45, 2.75) is 38.0 Å². The first kappa shape index (κ1) is 13.0. The van der Waals surface area contributed by atoms with Gasteiger partial charge < -0.3 is 10.5 Å². The molecule has 0 unspecified atom stereocenters. The zero-order valence-electron chi connectivity index (χ0n) is 12.1. The Hall–Kier alpha value is -1.97. The van der Waals surface area contributed by atoms with Crippen molar-refractivity contribution in [3.8, 4) is 16.9 Å².